The molecule has 0 fully saturated rings. The molecule has 3 heterocycles. The van der Waals surface area contributed by atoms with Crippen molar-refractivity contribution in [3.63, 3.8) is 0 Å². The van der Waals surface area contributed by atoms with Crippen LogP contribution >= 0.6 is 11.3 Å². The second-order valence-corrected chi connectivity index (χ2v) is 8.69. The first-order valence-electron chi connectivity index (χ1n) is 10.7. The number of rotatable bonds is 6. The molecule has 8 heteroatoms. The van der Waals surface area contributed by atoms with Crippen molar-refractivity contribution in [2.24, 2.45) is 0 Å². The summed E-state index contributed by atoms with van der Waals surface area (Å²) >= 11 is 1.51. The Labute approximate surface area is 195 Å². The minimum absolute atomic E-state index is 0.0546. The zero-order valence-electron chi connectivity index (χ0n) is 18.3. The fraction of sp³-hybridized carbons (Fsp3) is 0.240. The molecule has 0 radical (unpaired) electrons. The Morgan fingerprint density at radius 2 is 2.00 bits per heavy atom. The number of aryl methyl sites for hydroxylation is 1. The van der Waals surface area contributed by atoms with Crippen LogP contribution in [0.5, 0.6) is 11.5 Å². The van der Waals surface area contributed by atoms with E-state index in [0.29, 0.717) is 29.7 Å². The van der Waals surface area contributed by atoms with Crippen LogP contribution < -0.4 is 14.8 Å². The third-order valence-electron chi connectivity index (χ3n) is 5.55. The Hall–Kier alpha value is -3.83. The molecule has 1 N–H and O–H groups in total. The van der Waals surface area contributed by atoms with Crippen molar-refractivity contribution in [3.05, 3.63) is 59.3 Å². The Morgan fingerprint density at radius 3 is 2.76 bits per heavy atom. The highest BCUT2D eigenvalue weighted by atomic mass is 32.1. The summed E-state index contributed by atoms with van der Waals surface area (Å²) in [5.41, 5.74) is 3.74. The molecule has 0 saturated heterocycles. The van der Waals surface area contributed by atoms with Gasteiger partial charge < -0.3 is 14.8 Å². The van der Waals surface area contributed by atoms with Crippen LogP contribution in [0.15, 0.2) is 42.5 Å². The van der Waals surface area contributed by atoms with E-state index < -0.39 is 0 Å². The number of benzene rings is 2. The zero-order valence-corrected chi connectivity index (χ0v) is 19.1. The zero-order chi connectivity index (χ0) is 22.9. The molecule has 1 aliphatic heterocycles. The number of hydrogen-bond acceptors (Lipinski definition) is 6. The first-order valence-corrected chi connectivity index (χ1v) is 11.5. The fourth-order valence-electron chi connectivity index (χ4n) is 4.13. The van der Waals surface area contributed by atoms with Crippen molar-refractivity contribution >= 4 is 33.3 Å². The van der Waals surface area contributed by atoms with Crippen molar-refractivity contribution in [3.8, 4) is 29.0 Å². The Balaban J connectivity index is 1.54. The molecule has 0 spiro atoms. The van der Waals surface area contributed by atoms with E-state index in [1.165, 1.54) is 11.3 Å². The maximum Gasteiger partial charge on any atom is 0.226 e. The number of fused-ring (bicyclic) bond motifs is 2. The van der Waals surface area contributed by atoms with Gasteiger partial charge in [0.15, 0.2) is 0 Å². The lowest BCUT2D eigenvalue weighted by atomic mass is 9.86. The average Bonchev–Trinajstić information content (AvgIpc) is 3.38. The number of terminal acetylenes is 1. The molecule has 5 rings (SSSR count). The van der Waals surface area contributed by atoms with Crippen LogP contribution in [-0.2, 0) is 4.79 Å². The molecular formula is C25H22N4O3S. The van der Waals surface area contributed by atoms with Gasteiger partial charge >= 0.3 is 0 Å². The number of aromatic nitrogens is 3. The highest BCUT2D eigenvalue weighted by molar-refractivity contribution is 7.20. The van der Waals surface area contributed by atoms with Gasteiger partial charge in [-0.25, -0.2) is 4.98 Å². The number of ether oxygens (including phenoxy) is 2. The van der Waals surface area contributed by atoms with Gasteiger partial charge in [0.1, 0.15) is 23.9 Å². The van der Waals surface area contributed by atoms with E-state index in [1.54, 1.807) is 4.68 Å². The normalized spacial score (nSPS) is 15.1. The highest BCUT2D eigenvalue weighted by Crippen LogP contribution is 2.41. The van der Waals surface area contributed by atoms with Gasteiger partial charge in [-0.05, 0) is 49.7 Å². The summed E-state index contributed by atoms with van der Waals surface area (Å²) in [4.78, 5) is 17.4. The van der Waals surface area contributed by atoms with Gasteiger partial charge in [0.25, 0.3) is 0 Å². The van der Waals surface area contributed by atoms with Crippen molar-refractivity contribution in [2.75, 3.05) is 18.5 Å². The molecule has 2 aromatic carbocycles. The van der Waals surface area contributed by atoms with E-state index in [4.69, 9.17) is 26.0 Å². The van der Waals surface area contributed by atoms with Crippen molar-refractivity contribution < 1.29 is 14.3 Å². The first-order chi connectivity index (χ1) is 16.1. The summed E-state index contributed by atoms with van der Waals surface area (Å²) in [6, 6.07) is 13.5. The van der Waals surface area contributed by atoms with E-state index >= 15 is 0 Å². The van der Waals surface area contributed by atoms with Gasteiger partial charge in [0, 0.05) is 17.9 Å². The monoisotopic (exact) mass is 458 g/mol. The number of nitrogens with one attached hydrogen (secondary N) is 1. The van der Waals surface area contributed by atoms with Crippen molar-refractivity contribution in [1.82, 2.24) is 14.8 Å². The standard InChI is InChI=1S/C25H22N4O3S/c1-4-12-32-17-8-6-16(7-9-17)19-14-22(30)27-24-23(19)15(3)28-29(24)25-26-20-11-10-18(31-5-2)13-21(20)33-25/h1,6-11,13,19H,5,12,14H2,2-3H3,(H,27,30)/t19-/m0/s1. The molecule has 0 saturated carbocycles. The minimum atomic E-state index is -0.108. The predicted molar refractivity (Wildman–Crippen MR) is 129 cm³/mol. The third-order valence-corrected chi connectivity index (χ3v) is 6.54. The summed E-state index contributed by atoms with van der Waals surface area (Å²) in [5, 5.41) is 8.47. The van der Waals surface area contributed by atoms with E-state index in [9.17, 15) is 4.79 Å². The van der Waals surface area contributed by atoms with E-state index in [2.05, 4.69) is 11.2 Å². The van der Waals surface area contributed by atoms with Gasteiger partial charge in [-0.2, -0.15) is 9.78 Å². The van der Waals surface area contributed by atoms with Crippen molar-refractivity contribution in [2.45, 2.75) is 26.2 Å². The Kier molecular flexibility index (Phi) is 5.48. The fourth-order valence-corrected chi connectivity index (χ4v) is 5.08. The summed E-state index contributed by atoms with van der Waals surface area (Å²) in [6.07, 6.45) is 5.61. The molecule has 1 amide bonds. The lowest BCUT2D eigenvalue weighted by Gasteiger charge is -2.24. The smallest absolute Gasteiger partial charge is 0.226 e. The van der Waals surface area contributed by atoms with E-state index in [-0.39, 0.29) is 18.4 Å². The number of carbonyl (C=O) groups is 1. The number of hydrogen-bond donors (Lipinski definition) is 1. The minimum Gasteiger partial charge on any atom is -0.494 e. The number of thiazole rings is 1. The summed E-state index contributed by atoms with van der Waals surface area (Å²) in [6.45, 7) is 4.74. The lowest BCUT2D eigenvalue weighted by molar-refractivity contribution is -0.116. The quantitative estimate of drug-likeness (QED) is 0.425. The van der Waals surface area contributed by atoms with Crippen LogP contribution in [0.3, 0.4) is 0 Å². The summed E-state index contributed by atoms with van der Waals surface area (Å²) in [5.74, 6) is 4.48. The molecule has 1 aliphatic rings. The second-order valence-electron chi connectivity index (χ2n) is 7.69. The molecule has 33 heavy (non-hydrogen) atoms. The largest absolute Gasteiger partial charge is 0.494 e. The number of anilines is 1. The highest BCUT2D eigenvalue weighted by Gasteiger charge is 2.33. The topological polar surface area (TPSA) is 78.3 Å². The number of amides is 1. The van der Waals surface area contributed by atoms with Gasteiger partial charge in [0.2, 0.25) is 11.0 Å². The second kappa shape index (κ2) is 8.60. The molecule has 0 bridgehead atoms. The summed E-state index contributed by atoms with van der Waals surface area (Å²) in [7, 11) is 0. The SMILES string of the molecule is C#CCOc1ccc([C@@H]2CC(=O)Nc3c2c(C)nn3-c2nc3ccc(OCC)cc3s2)cc1. The van der Waals surface area contributed by atoms with E-state index in [1.807, 2.05) is 56.3 Å². The van der Waals surface area contributed by atoms with Gasteiger partial charge in [-0.15, -0.1) is 6.42 Å². The first kappa shape index (κ1) is 21.0. The Morgan fingerprint density at radius 1 is 1.21 bits per heavy atom. The van der Waals surface area contributed by atoms with E-state index in [0.717, 1.165) is 32.8 Å². The van der Waals surface area contributed by atoms with Gasteiger partial charge in [-0.3, -0.25) is 4.79 Å². The molecule has 166 valence electrons. The number of nitrogens with zero attached hydrogens (tertiary/aromatic N) is 3. The molecule has 4 aromatic rings. The van der Waals surface area contributed by atoms with Crippen LogP contribution in [0.4, 0.5) is 5.82 Å². The van der Waals surface area contributed by atoms with Crippen LogP contribution in [0.2, 0.25) is 0 Å². The average molecular weight is 459 g/mol. The summed E-state index contributed by atoms with van der Waals surface area (Å²) < 4.78 is 13.8. The number of carbonyl (C=O) groups excluding carboxylic acids is 1. The molecule has 7 nitrogen and oxygen atoms in total. The van der Waals surface area contributed by atoms with Crippen LogP contribution in [-0.4, -0.2) is 33.9 Å². The Bertz CT molecular complexity index is 1380. The van der Waals surface area contributed by atoms with Crippen LogP contribution in [0, 0.1) is 19.3 Å². The van der Waals surface area contributed by atoms with Crippen LogP contribution in [0.1, 0.15) is 36.1 Å². The molecule has 1 atom stereocenters. The molecule has 2 aromatic heterocycles. The molecule has 0 aliphatic carbocycles. The van der Waals surface area contributed by atoms with Gasteiger partial charge in [0.05, 0.1) is 22.5 Å². The lowest BCUT2D eigenvalue weighted by Crippen LogP contribution is -2.24. The van der Waals surface area contributed by atoms with Gasteiger partial charge in [-0.1, -0.05) is 29.4 Å². The maximum absolute atomic E-state index is 12.7. The maximum atomic E-state index is 12.7. The van der Waals surface area contributed by atoms with Crippen molar-refractivity contribution in [1.29, 1.82) is 0 Å². The van der Waals surface area contributed by atoms with Crippen LogP contribution in [0.25, 0.3) is 15.3 Å². The molecule has 0 unspecified atom stereocenters. The molecular weight excluding hydrogens is 436 g/mol. The third kappa shape index (κ3) is 3.92. The predicted octanol–water partition coefficient (Wildman–Crippen LogP) is 4.68.